The van der Waals surface area contributed by atoms with E-state index in [-0.39, 0.29) is 17.2 Å². The fraction of sp³-hybridized carbons (Fsp3) is 0.231. The van der Waals surface area contributed by atoms with E-state index in [4.69, 9.17) is 9.47 Å². The molecule has 36 heavy (non-hydrogen) atoms. The summed E-state index contributed by atoms with van der Waals surface area (Å²) in [5.41, 5.74) is 4.97. The number of benzene rings is 3. The number of hydrogen-bond acceptors (Lipinski definition) is 7. The summed E-state index contributed by atoms with van der Waals surface area (Å²) in [5, 5.41) is 3.99. The van der Waals surface area contributed by atoms with Crippen LogP contribution in [0.1, 0.15) is 11.1 Å². The molecule has 1 amide bonds. The fourth-order valence-electron chi connectivity index (χ4n) is 3.37. The van der Waals surface area contributed by atoms with Gasteiger partial charge in [-0.1, -0.05) is 42.5 Å². The number of methoxy groups -OCH3 is 2. The molecule has 0 saturated carbocycles. The number of nitrogens with one attached hydrogen (secondary N) is 1. The van der Waals surface area contributed by atoms with Crippen molar-refractivity contribution >= 4 is 27.8 Å². The van der Waals surface area contributed by atoms with E-state index in [1.807, 2.05) is 49.3 Å². The molecule has 0 spiro atoms. The van der Waals surface area contributed by atoms with Crippen LogP contribution in [0.5, 0.6) is 11.5 Å². The van der Waals surface area contributed by atoms with Crippen molar-refractivity contribution in [1.82, 2.24) is 9.73 Å². The van der Waals surface area contributed by atoms with Gasteiger partial charge in [-0.25, -0.2) is 13.8 Å². The van der Waals surface area contributed by atoms with Crippen molar-refractivity contribution in [2.45, 2.75) is 11.4 Å². The maximum Gasteiger partial charge on any atom is 0.255 e. The van der Waals surface area contributed by atoms with E-state index in [0.717, 1.165) is 21.1 Å². The first-order valence-electron chi connectivity index (χ1n) is 11.1. The molecule has 0 radical (unpaired) electrons. The standard InChI is InChI=1S/C26H30N4O5S/c1-29(2)22-12-10-20(11-13-22)17-27-28-26(31)19-30(18-21-8-6-5-7-9-21)36(32,33)25-15-14-23(34-3)16-24(25)35-4/h5-17H,18-19H2,1-4H3,(H,28,31)/b27-17-. The first-order chi connectivity index (χ1) is 17.2. The minimum atomic E-state index is -4.12. The van der Waals surface area contributed by atoms with Crippen LogP contribution in [0.2, 0.25) is 0 Å². The molecule has 10 heteroatoms. The molecular formula is C26H30N4O5S. The average molecular weight is 511 g/mol. The molecule has 0 aliphatic heterocycles. The zero-order valence-electron chi connectivity index (χ0n) is 20.7. The molecule has 0 aliphatic carbocycles. The number of ether oxygens (including phenoxy) is 2. The van der Waals surface area contributed by atoms with Crippen LogP contribution in [-0.4, -0.2) is 59.7 Å². The van der Waals surface area contributed by atoms with Crippen molar-refractivity contribution in [3.8, 4) is 11.5 Å². The van der Waals surface area contributed by atoms with Crippen molar-refractivity contribution in [3.63, 3.8) is 0 Å². The van der Waals surface area contributed by atoms with Crippen LogP contribution in [-0.2, 0) is 21.4 Å². The number of carbonyl (C=O) groups excluding carboxylic acids is 1. The van der Waals surface area contributed by atoms with E-state index in [0.29, 0.717) is 5.75 Å². The van der Waals surface area contributed by atoms with Gasteiger partial charge in [0.25, 0.3) is 5.91 Å². The number of rotatable bonds is 11. The third-order valence-corrected chi connectivity index (χ3v) is 7.15. The molecular weight excluding hydrogens is 480 g/mol. The molecule has 190 valence electrons. The Bertz CT molecular complexity index is 1290. The lowest BCUT2D eigenvalue weighted by molar-refractivity contribution is -0.121. The van der Waals surface area contributed by atoms with E-state index < -0.39 is 22.5 Å². The Labute approximate surface area is 212 Å². The lowest BCUT2D eigenvalue weighted by Crippen LogP contribution is -2.39. The zero-order valence-corrected chi connectivity index (χ0v) is 21.5. The van der Waals surface area contributed by atoms with Crippen LogP contribution in [0, 0.1) is 0 Å². The normalized spacial score (nSPS) is 11.5. The topological polar surface area (TPSA) is 101 Å². The molecule has 0 unspecified atom stereocenters. The number of sulfonamides is 1. The molecule has 0 heterocycles. The minimum Gasteiger partial charge on any atom is -0.497 e. The summed E-state index contributed by atoms with van der Waals surface area (Å²) in [4.78, 5) is 14.6. The van der Waals surface area contributed by atoms with Gasteiger partial charge >= 0.3 is 0 Å². The summed E-state index contributed by atoms with van der Waals surface area (Å²) >= 11 is 0. The number of hydrazone groups is 1. The third kappa shape index (κ3) is 6.83. The average Bonchev–Trinajstić information content (AvgIpc) is 2.88. The largest absolute Gasteiger partial charge is 0.497 e. The summed E-state index contributed by atoms with van der Waals surface area (Å²) in [5.74, 6) is -0.0127. The van der Waals surface area contributed by atoms with Crippen LogP contribution in [0.15, 0.2) is 82.8 Å². The highest BCUT2D eigenvalue weighted by Gasteiger charge is 2.30. The number of nitrogens with zero attached hydrogens (tertiary/aromatic N) is 3. The monoisotopic (exact) mass is 510 g/mol. The van der Waals surface area contributed by atoms with Crippen LogP contribution in [0.4, 0.5) is 5.69 Å². The lowest BCUT2D eigenvalue weighted by atomic mass is 10.2. The molecule has 9 nitrogen and oxygen atoms in total. The van der Waals surface area contributed by atoms with Gasteiger partial charge in [-0.3, -0.25) is 4.79 Å². The van der Waals surface area contributed by atoms with E-state index in [2.05, 4.69) is 10.5 Å². The van der Waals surface area contributed by atoms with Gasteiger partial charge in [0, 0.05) is 32.4 Å². The summed E-state index contributed by atoms with van der Waals surface area (Å²) in [6, 6.07) is 21.0. The molecule has 0 aromatic heterocycles. The maximum atomic E-state index is 13.6. The van der Waals surface area contributed by atoms with Gasteiger partial charge < -0.3 is 14.4 Å². The van der Waals surface area contributed by atoms with Crippen molar-refractivity contribution in [1.29, 1.82) is 0 Å². The first-order valence-corrected chi connectivity index (χ1v) is 12.5. The third-order valence-electron chi connectivity index (χ3n) is 5.32. The fourth-order valence-corrected chi connectivity index (χ4v) is 4.89. The molecule has 0 bridgehead atoms. The molecule has 0 saturated heterocycles. The maximum absolute atomic E-state index is 13.6. The quantitative estimate of drug-likeness (QED) is 0.314. The first kappa shape index (κ1) is 26.7. The molecule has 3 rings (SSSR count). The van der Waals surface area contributed by atoms with Gasteiger partial charge in [0.1, 0.15) is 16.4 Å². The molecule has 0 fully saturated rings. The predicted octanol–water partition coefficient (Wildman–Crippen LogP) is 3.11. The highest BCUT2D eigenvalue weighted by atomic mass is 32.2. The smallest absolute Gasteiger partial charge is 0.255 e. The van der Waals surface area contributed by atoms with Crippen LogP contribution >= 0.6 is 0 Å². The van der Waals surface area contributed by atoms with E-state index in [1.165, 1.54) is 38.6 Å². The van der Waals surface area contributed by atoms with Crippen molar-refractivity contribution in [2.24, 2.45) is 5.10 Å². The van der Waals surface area contributed by atoms with Crippen molar-refractivity contribution in [3.05, 3.63) is 83.9 Å². The van der Waals surface area contributed by atoms with E-state index in [1.54, 1.807) is 24.3 Å². The molecule has 0 atom stereocenters. The second-order valence-electron chi connectivity index (χ2n) is 8.05. The number of hydrogen-bond donors (Lipinski definition) is 1. The highest BCUT2D eigenvalue weighted by molar-refractivity contribution is 7.89. The van der Waals surface area contributed by atoms with E-state index in [9.17, 15) is 13.2 Å². The van der Waals surface area contributed by atoms with Gasteiger partial charge in [-0.15, -0.1) is 0 Å². The molecule has 3 aromatic rings. The van der Waals surface area contributed by atoms with Gasteiger partial charge in [-0.05, 0) is 35.4 Å². The number of anilines is 1. The highest BCUT2D eigenvalue weighted by Crippen LogP contribution is 2.31. The zero-order chi connectivity index (χ0) is 26.1. The Kier molecular flexibility index (Phi) is 9.04. The summed E-state index contributed by atoms with van der Waals surface area (Å²) in [6.07, 6.45) is 1.50. The van der Waals surface area contributed by atoms with Crippen LogP contribution < -0.4 is 19.8 Å². The van der Waals surface area contributed by atoms with Gasteiger partial charge in [-0.2, -0.15) is 9.41 Å². The Morgan fingerprint density at radius 3 is 2.28 bits per heavy atom. The number of amides is 1. The van der Waals surface area contributed by atoms with Crippen molar-refractivity contribution < 1.29 is 22.7 Å². The Morgan fingerprint density at radius 2 is 1.67 bits per heavy atom. The Hall–Kier alpha value is -3.89. The Morgan fingerprint density at radius 1 is 0.972 bits per heavy atom. The summed E-state index contributed by atoms with van der Waals surface area (Å²) in [6.45, 7) is -0.454. The Balaban J connectivity index is 1.81. The van der Waals surface area contributed by atoms with Crippen LogP contribution in [0.25, 0.3) is 0 Å². The molecule has 1 N–H and O–H groups in total. The van der Waals surface area contributed by atoms with Gasteiger partial charge in [0.05, 0.1) is 27.0 Å². The minimum absolute atomic E-state index is 0.0124. The summed E-state index contributed by atoms with van der Waals surface area (Å²) < 4.78 is 38.8. The van der Waals surface area contributed by atoms with Gasteiger partial charge in [0.2, 0.25) is 10.0 Å². The summed E-state index contributed by atoms with van der Waals surface area (Å²) in [7, 11) is 2.63. The van der Waals surface area contributed by atoms with E-state index >= 15 is 0 Å². The second-order valence-corrected chi connectivity index (χ2v) is 9.96. The predicted molar refractivity (Wildman–Crippen MR) is 140 cm³/mol. The number of carbonyl (C=O) groups is 1. The second kappa shape index (κ2) is 12.2. The van der Waals surface area contributed by atoms with Crippen molar-refractivity contribution in [2.75, 3.05) is 39.8 Å². The SMILES string of the molecule is COc1ccc(S(=O)(=O)N(CC(=O)N/N=C\c2ccc(N(C)C)cc2)Cc2ccccc2)c(OC)c1. The molecule has 3 aromatic carbocycles. The lowest BCUT2D eigenvalue weighted by Gasteiger charge is -2.23. The molecule has 0 aliphatic rings. The van der Waals surface area contributed by atoms with Crippen LogP contribution in [0.3, 0.4) is 0 Å². The van der Waals surface area contributed by atoms with Gasteiger partial charge in [0.15, 0.2) is 0 Å².